The molecule has 0 spiro atoms. The molecule has 2 aromatic heterocycles. The van der Waals surface area contributed by atoms with Gasteiger partial charge in [0.05, 0.1) is 0 Å². The number of aryl methyl sites for hydroxylation is 1. The molecule has 9 heteroatoms. The second-order valence-corrected chi connectivity index (χ2v) is 5.48. The number of nitrogens with one attached hydrogen (secondary N) is 1. The van der Waals surface area contributed by atoms with Gasteiger partial charge in [-0.3, -0.25) is 9.48 Å². The van der Waals surface area contributed by atoms with Crippen molar-refractivity contribution < 1.29 is 13.6 Å². The first kappa shape index (κ1) is 16.7. The SMILES string of the molecule is Cc1nnc(-c2ccc(C(=O)Nc3ccn(CC(F)F)n3)cc2)n1C. The van der Waals surface area contributed by atoms with Crippen molar-refractivity contribution in [3.8, 4) is 11.4 Å². The average Bonchev–Trinajstić information content (AvgIpc) is 3.14. The monoisotopic (exact) mass is 346 g/mol. The summed E-state index contributed by atoms with van der Waals surface area (Å²) in [5.41, 5.74) is 1.26. The van der Waals surface area contributed by atoms with E-state index in [2.05, 4.69) is 20.6 Å². The Bertz CT molecular complexity index is 884. The van der Waals surface area contributed by atoms with Crippen LogP contribution in [0.5, 0.6) is 0 Å². The van der Waals surface area contributed by atoms with E-state index in [1.807, 2.05) is 18.5 Å². The van der Waals surface area contributed by atoms with Crippen LogP contribution in [-0.2, 0) is 13.6 Å². The summed E-state index contributed by atoms with van der Waals surface area (Å²) in [5, 5.41) is 14.5. The van der Waals surface area contributed by atoms with E-state index in [0.29, 0.717) is 11.4 Å². The number of carbonyl (C=O) groups excluding carboxylic acids is 1. The molecule has 0 atom stereocenters. The minimum Gasteiger partial charge on any atom is -0.314 e. The molecule has 1 amide bonds. The third kappa shape index (κ3) is 3.70. The summed E-state index contributed by atoms with van der Waals surface area (Å²) in [7, 11) is 1.86. The van der Waals surface area contributed by atoms with Gasteiger partial charge in [0.2, 0.25) is 0 Å². The molecule has 1 N–H and O–H groups in total. The summed E-state index contributed by atoms with van der Waals surface area (Å²) in [6.07, 6.45) is -1.11. The summed E-state index contributed by atoms with van der Waals surface area (Å²) >= 11 is 0. The summed E-state index contributed by atoms with van der Waals surface area (Å²) in [4.78, 5) is 12.2. The van der Waals surface area contributed by atoms with Crippen molar-refractivity contribution in [1.82, 2.24) is 24.5 Å². The molecule has 7 nitrogen and oxygen atoms in total. The fourth-order valence-corrected chi connectivity index (χ4v) is 2.29. The minimum atomic E-state index is -2.50. The minimum absolute atomic E-state index is 0.221. The highest BCUT2D eigenvalue weighted by molar-refractivity contribution is 6.03. The quantitative estimate of drug-likeness (QED) is 0.770. The van der Waals surface area contributed by atoms with Gasteiger partial charge in [0.25, 0.3) is 12.3 Å². The largest absolute Gasteiger partial charge is 0.314 e. The number of halogens is 2. The Morgan fingerprint density at radius 2 is 1.92 bits per heavy atom. The Morgan fingerprint density at radius 1 is 1.20 bits per heavy atom. The average molecular weight is 346 g/mol. The summed E-state index contributed by atoms with van der Waals surface area (Å²) in [5.74, 6) is 1.34. The van der Waals surface area contributed by atoms with Crippen molar-refractivity contribution >= 4 is 11.7 Å². The van der Waals surface area contributed by atoms with Gasteiger partial charge in [0, 0.05) is 30.4 Å². The topological polar surface area (TPSA) is 77.6 Å². The van der Waals surface area contributed by atoms with E-state index in [-0.39, 0.29) is 11.7 Å². The van der Waals surface area contributed by atoms with Crippen molar-refractivity contribution in [2.45, 2.75) is 19.9 Å². The summed E-state index contributed by atoms with van der Waals surface area (Å²) < 4.78 is 27.5. The zero-order valence-electron chi connectivity index (χ0n) is 13.6. The highest BCUT2D eigenvalue weighted by Gasteiger charge is 2.12. The van der Waals surface area contributed by atoms with Gasteiger partial charge >= 0.3 is 0 Å². The number of alkyl halides is 2. The van der Waals surface area contributed by atoms with Crippen LogP contribution in [0.25, 0.3) is 11.4 Å². The number of carbonyl (C=O) groups is 1. The van der Waals surface area contributed by atoms with E-state index in [1.54, 1.807) is 24.3 Å². The van der Waals surface area contributed by atoms with Crippen molar-refractivity contribution in [3.05, 3.63) is 47.9 Å². The Hall–Kier alpha value is -3.10. The molecule has 0 aliphatic rings. The zero-order chi connectivity index (χ0) is 18.0. The number of hydrogen-bond donors (Lipinski definition) is 1. The molecule has 0 aliphatic heterocycles. The smallest absolute Gasteiger partial charge is 0.257 e. The molecule has 3 rings (SSSR count). The van der Waals surface area contributed by atoms with Gasteiger partial charge in [0.1, 0.15) is 12.4 Å². The summed E-state index contributed by atoms with van der Waals surface area (Å²) in [6.45, 7) is 1.34. The molecular weight excluding hydrogens is 330 g/mol. The fourth-order valence-electron chi connectivity index (χ4n) is 2.29. The van der Waals surface area contributed by atoms with Crippen LogP contribution in [0.1, 0.15) is 16.2 Å². The van der Waals surface area contributed by atoms with Gasteiger partial charge < -0.3 is 9.88 Å². The number of aromatic nitrogens is 5. The van der Waals surface area contributed by atoms with Gasteiger partial charge in [-0.1, -0.05) is 12.1 Å². The standard InChI is InChI=1S/C16H16F2N6O/c1-10-20-21-15(23(10)2)11-3-5-12(6-4-11)16(25)19-14-7-8-24(22-14)9-13(17)18/h3-8,13H,9H2,1-2H3,(H,19,22,25). The maximum Gasteiger partial charge on any atom is 0.257 e. The lowest BCUT2D eigenvalue weighted by atomic mass is 10.1. The second-order valence-electron chi connectivity index (χ2n) is 5.48. The Morgan fingerprint density at radius 3 is 2.52 bits per heavy atom. The number of benzene rings is 1. The third-order valence-corrected chi connectivity index (χ3v) is 3.71. The Labute approximate surface area is 142 Å². The first-order valence-electron chi connectivity index (χ1n) is 7.53. The van der Waals surface area contributed by atoms with Gasteiger partial charge in [-0.15, -0.1) is 10.2 Å². The normalized spacial score (nSPS) is 11.1. The third-order valence-electron chi connectivity index (χ3n) is 3.71. The Kier molecular flexibility index (Phi) is 4.55. The molecule has 0 unspecified atom stereocenters. The maximum atomic E-state index is 12.3. The number of anilines is 1. The van der Waals surface area contributed by atoms with E-state index in [4.69, 9.17) is 0 Å². The molecule has 25 heavy (non-hydrogen) atoms. The molecule has 130 valence electrons. The lowest BCUT2D eigenvalue weighted by Gasteiger charge is -2.05. The molecule has 0 radical (unpaired) electrons. The predicted molar refractivity (Wildman–Crippen MR) is 87.4 cm³/mol. The van der Waals surface area contributed by atoms with Crippen LogP contribution in [0.15, 0.2) is 36.5 Å². The van der Waals surface area contributed by atoms with E-state index in [1.165, 1.54) is 12.3 Å². The van der Waals surface area contributed by atoms with Gasteiger partial charge in [-0.25, -0.2) is 8.78 Å². The van der Waals surface area contributed by atoms with Crippen LogP contribution >= 0.6 is 0 Å². The van der Waals surface area contributed by atoms with Crippen molar-refractivity contribution in [3.63, 3.8) is 0 Å². The first-order valence-corrected chi connectivity index (χ1v) is 7.53. The van der Waals surface area contributed by atoms with Crippen LogP contribution in [0.2, 0.25) is 0 Å². The molecule has 0 fully saturated rings. The summed E-state index contributed by atoms with van der Waals surface area (Å²) in [6, 6.07) is 8.33. The number of nitrogens with zero attached hydrogens (tertiary/aromatic N) is 5. The first-order chi connectivity index (χ1) is 11.9. The predicted octanol–water partition coefficient (Wildman–Crippen LogP) is 2.50. The van der Waals surface area contributed by atoms with Crippen molar-refractivity contribution in [1.29, 1.82) is 0 Å². The van der Waals surface area contributed by atoms with E-state index in [9.17, 15) is 13.6 Å². The van der Waals surface area contributed by atoms with Crippen LogP contribution in [0.3, 0.4) is 0 Å². The van der Waals surface area contributed by atoms with Crippen LogP contribution in [-0.4, -0.2) is 36.9 Å². The van der Waals surface area contributed by atoms with Gasteiger partial charge in [-0.2, -0.15) is 5.10 Å². The molecule has 0 saturated carbocycles. The number of rotatable bonds is 5. The molecule has 1 aromatic carbocycles. The maximum absolute atomic E-state index is 12.3. The van der Waals surface area contributed by atoms with Crippen LogP contribution in [0, 0.1) is 6.92 Å². The molecule has 3 aromatic rings. The lowest BCUT2D eigenvalue weighted by molar-refractivity contribution is 0.102. The van der Waals surface area contributed by atoms with E-state index < -0.39 is 13.0 Å². The number of hydrogen-bond acceptors (Lipinski definition) is 4. The second kappa shape index (κ2) is 6.80. The van der Waals surface area contributed by atoms with E-state index >= 15 is 0 Å². The van der Waals surface area contributed by atoms with Gasteiger partial charge in [0.15, 0.2) is 11.6 Å². The highest BCUT2D eigenvalue weighted by atomic mass is 19.3. The van der Waals surface area contributed by atoms with Crippen molar-refractivity contribution in [2.24, 2.45) is 7.05 Å². The molecule has 0 bridgehead atoms. The molecule has 0 aliphatic carbocycles. The van der Waals surface area contributed by atoms with Gasteiger partial charge in [-0.05, 0) is 19.1 Å². The number of amides is 1. The highest BCUT2D eigenvalue weighted by Crippen LogP contribution is 2.18. The van der Waals surface area contributed by atoms with Crippen molar-refractivity contribution in [2.75, 3.05) is 5.32 Å². The van der Waals surface area contributed by atoms with Crippen LogP contribution < -0.4 is 5.32 Å². The lowest BCUT2D eigenvalue weighted by Crippen LogP contribution is -2.13. The molecule has 2 heterocycles. The molecular formula is C16H16F2N6O. The zero-order valence-corrected chi connectivity index (χ0v) is 13.6. The Balaban J connectivity index is 1.70. The molecule has 0 saturated heterocycles. The van der Waals surface area contributed by atoms with Crippen LogP contribution in [0.4, 0.5) is 14.6 Å². The fraction of sp³-hybridized carbons (Fsp3) is 0.250. The van der Waals surface area contributed by atoms with E-state index in [0.717, 1.165) is 16.1 Å².